The predicted molar refractivity (Wildman–Crippen MR) is 73.3 cm³/mol. The van der Waals surface area contributed by atoms with Gasteiger partial charge in [-0.1, -0.05) is 41.6 Å². The fourth-order valence-corrected chi connectivity index (χ4v) is 2.69. The number of benzene rings is 2. The molecule has 0 aliphatic heterocycles. The van der Waals surface area contributed by atoms with Gasteiger partial charge in [0, 0.05) is 4.90 Å². The predicted octanol–water partition coefficient (Wildman–Crippen LogP) is 1.99. The zero-order valence-corrected chi connectivity index (χ0v) is 12.3. The van der Waals surface area contributed by atoms with Gasteiger partial charge in [-0.25, -0.2) is 0 Å². The maximum absolute atomic E-state index is 8.80. The molecule has 0 saturated carbocycles. The fraction of sp³-hybridized carbons (Fsp3) is 0.0769. The standard InChI is InChI=1S/C13H10ClN2OS.ClH/c1-17-12-8-11(16-15)10(14)7-13(12)18-9-5-3-2-4-6-9;/h2-8H,1H3;1H/q+1;/p-1. The Labute approximate surface area is 127 Å². The van der Waals surface area contributed by atoms with Crippen LogP contribution in [0.3, 0.4) is 0 Å². The van der Waals surface area contributed by atoms with Crippen molar-refractivity contribution in [1.29, 1.82) is 5.39 Å². The van der Waals surface area contributed by atoms with E-state index in [-0.39, 0.29) is 12.4 Å². The smallest absolute Gasteiger partial charge is 0.407 e. The average Bonchev–Trinajstić information content (AvgIpc) is 2.40. The Bertz CT molecular complexity index is 600. The first-order valence-corrected chi connectivity index (χ1v) is 6.39. The molecule has 0 amide bonds. The van der Waals surface area contributed by atoms with Crippen molar-refractivity contribution in [2.75, 3.05) is 7.11 Å². The minimum absolute atomic E-state index is 0. The van der Waals surface area contributed by atoms with E-state index < -0.39 is 0 Å². The van der Waals surface area contributed by atoms with Crippen LogP contribution in [0.4, 0.5) is 5.69 Å². The van der Waals surface area contributed by atoms with Gasteiger partial charge in [0.15, 0.2) is 4.98 Å². The molecule has 0 fully saturated rings. The highest BCUT2D eigenvalue weighted by Crippen LogP contribution is 2.40. The third-order valence-electron chi connectivity index (χ3n) is 2.31. The van der Waals surface area contributed by atoms with Crippen LogP contribution in [0.25, 0.3) is 4.98 Å². The van der Waals surface area contributed by atoms with Crippen LogP contribution in [0.1, 0.15) is 0 Å². The molecule has 0 radical (unpaired) electrons. The molecular formula is C13H10Cl2N2OS. The van der Waals surface area contributed by atoms with Crippen LogP contribution in [0.2, 0.25) is 5.02 Å². The molecule has 2 aromatic rings. The van der Waals surface area contributed by atoms with Crippen LogP contribution in [-0.2, 0) is 0 Å². The summed E-state index contributed by atoms with van der Waals surface area (Å²) in [6, 6.07) is 13.2. The van der Waals surface area contributed by atoms with Crippen molar-refractivity contribution in [3.63, 3.8) is 0 Å². The number of methoxy groups -OCH3 is 1. The monoisotopic (exact) mass is 312 g/mol. The first-order valence-electron chi connectivity index (χ1n) is 5.20. The van der Waals surface area contributed by atoms with Crippen LogP contribution in [0, 0.1) is 5.39 Å². The van der Waals surface area contributed by atoms with Gasteiger partial charge in [0.2, 0.25) is 5.39 Å². The number of nitrogens with zero attached hydrogens (tertiary/aromatic N) is 2. The Kier molecular flexibility index (Phi) is 5.97. The zero-order valence-electron chi connectivity index (χ0n) is 10.0. The van der Waals surface area contributed by atoms with E-state index in [0.29, 0.717) is 16.5 Å². The Morgan fingerprint density at radius 2 is 1.89 bits per heavy atom. The summed E-state index contributed by atoms with van der Waals surface area (Å²) >= 11 is 7.54. The van der Waals surface area contributed by atoms with Gasteiger partial charge in [-0.15, -0.1) is 0 Å². The summed E-state index contributed by atoms with van der Waals surface area (Å²) in [5.74, 6) is 0.626. The summed E-state index contributed by atoms with van der Waals surface area (Å²) in [6.45, 7) is 0. The number of ether oxygens (including phenoxy) is 1. The Hall–Kier alpha value is -1.41. The molecule has 0 atom stereocenters. The molecule has 0 aliphatic carbocycles. The second kappa shape index (κ2) is 7.25. The molecule has 0 unspecified atom stereocenters. The lowest BCUT2D eigenvalue weighted by molar-refractivity contribution is -0.00000403. The molecule has 2 aromatic carbocycles. The maximum Gasteiger partial charge on any atom is 0.407 e. The third kappa shape index (κ3) is 3.77. The molecule has 0 N–H and O–H groups in total. The van der Waals surface area contributed by atoms with E-state index in [2.05, 4.69) is 4.98 Å². The van der Waals surface area contributed by atoms with E-state index in [1.54, 1.807) is 19.2 Å². The van der Waals surface area contributed by atoms with Crippen molar-refractivity contribution >= 4 is 29.1 Å². The Morgan fingerprint density at radius 1 is 1.21 bits per heavy atom. The first-order chi connectivity index (χ1) is 8.74. The van der Waals surface area contributed by atoms with Gasteiger partial charge in [0.25, 0.3) is 0 Å². The number of diazo groups is 1. The zero-order chi connectivity index (χ0) is 13.0. The third-order valence-corrected chi connectivity index (χ3v) is 3.66. The van der Waals surface area contributed by atoms with E-state index in [0.717, 1.165) is 9.79 Å². The van der Waals surface area contributed by atoms with E-state index >= 15 is 0 Å². The molecule has 0 saturated heterocycles. The van der Waals surface area contributed by atoms with Crippen LogP contribution in [-0.4, -0.2) is 7.11 Å². The fourth-order valence-electron chi connectivity index (χ4n) is 1.46. The SMILES string of the molecule is COc1cc([N+]#N)c(Cl)cc1Sc1ccccc1.[Cl-]. The number of rotatable bonds is 3. The molecule has 3 nitrogen and oxygen atoms in total. The molecule has 0 heterocycles. The van der Waals surface area contributed by atoms with Gasteiger partial charge in [0.05, 0.1) is 18.1 Å². The molecule has 0 spiro atoms. The highest BCUT2D eigenvalue weighted by molar-refractivity contribution is 7.99. The van der Waals surface area contributed by atoms with E-state index in [1.807, 2.05) is 30.3 Å². The van der Waals surface area contributed by atoms with Gasteiger partial charge in [-0.2, -0.15) is 0 Å². The van der Waals surface area contributed by atoms with Gasteiger partial charge in [-0.05, 0) is 18.2 Å². The molecule has 2 rings (SSSR count). The number of hydrogen-bond acceptors (Lipinski definition) is 3. The lowest BCUT2D eigenvalue weighted by atomic mass is 10.3. The second-order valence-corrected chi connectivity index (χ2v) is 4.99. The van der Waals surface area contributed by atoms with Gasteiger partial charge < -0.3 is 17.1 Å². The minimum Gasteiger partial charge on any atom is -1.00 e. The van der Waals surface area contributed by atoms with Crippen molar-refractivity contribution in [2.45, 2.75) is 9.79 Å². The van der Waals surface area contributed by atoms with Crippen LogP contribution < -0.4 is 17.1 Å². The van der Waals surface area contributed by atoms with Gasteiger partial charge in [0.1, 0.15) is 10.8 Å². The van der Waals surface area contributed by atoms with Crippen LogP contribution >= 0.6 is 23.4 Å². The molecule has 0 aromatic heterocycles. The van der Waals surface area contributed by atoms with Crippen molar-refractivity contribution in [3.8, 4) is 5.75 Å². The molecule has 0 aliphatic rings. The minimum atomic E-state index is 0. The van der Waals surface area contributed by atoms with Gasteiger partial charge in [-0.3, -0.25) is 0 Å². The molecule has 19 heavy (non-hydrogen) atoms. The first kappa shape index (κ1) is 15.6. The van der Waals surface area contributed by atoms with E-state index in [4.69, 9.17) is 21.7 Å². The number of halogens is 2. The lowest BCUT2D eigenvalue weighted by Gasteiger charge is -2.07. The second-order valence-electron chi connectivity index (χ2n) is 3.47. The summed E-state index contributed by atoms with van der Waals surface area (Å²) in [7, 11) is 1.57. The highest BCUT2D eigenvalue weighted by atomic mass is 35.5. The van der Waals surface area contributed by atoms with Crippen LogP contribution in [0.15, 0.2) is 52.3 Å². The molecule has 6 heteroatoms. The molecule has 0 bridgehead atoms. The van der Waals surface area contributed by atoms with Crippen LogP contribution in [0.5, 0.6) is 5.75 Å². The summed E-state index contributed by atoms with van der Waals surface area (Å²) in [6.07, 6.45) is 0. The maximum atomic E-state index is 8.80. The van der Waals surface area contributed by atoms with E-state index in [9.17, 15) is 0 Å². The summed E-state index contributed by atoms with van der Waals surface area (Å²) in [5, 5.41) is 9.18. The quantitative estimate of drug-likeness (QED) is 0.813. The van der Waals surface area contributed by atoms with Crippen molar-refractivity contribution in [1.82, 2.24) is 0 Å². The van der Waals surface area contributed by atoms with Gasteiger partial charge >= 0.3 is 5.69 Å². The van der Waals surface area contributed by atoms with E-state index in [1.165, 1.54) is 11.8 Å². The topological polar surface area (TPSA) is 37.4 Å². The Morgan fingerprint density at radius 3 is 2.47 bits per heavy atom. The van der Waals surface area contributed by atoms with Crippen molar-refractivity contribution in [2.24, 2.45) is 0 Å². The highest BCUT2D eigenvalue weighted by Gasteiger charge is 2.18. The normalized spacial score (nSPS) is 9.32. The van der Waals surface area contributed by atoms with Crippen molar-refractivity contribution in [3.05, 3.63) is 52.5 Å². The summed E-state index contributed by atoms with van der Waals surface area (Å²) < 4.78 is 5.26. The molecular weight excluding hydrogens is 303 g/mol. The lowest BCUT2D eigenvalue weighted by Crippen LogP contribution is -3.00. The van der Waals surface area contributed by atoms with Crippen molar-refractivity contribution < 1.29 is 17.1 Å². The molecule has 98 valence electrons. The largest absolute Gasteiger partial charge is 1.00 e. The average molecular weight is 313 g/mol. The Balaban J connectivity index is 0.00000180. The summed E-state index contributed by atoms with van der Waals surface area (Å²) in [5.41, 5.74) is 0.297. The summed E-state index contributed by atoms with van der Waals surface area (Å²) in [4.78, 5) is 5.07. The number of hydrogen-bond donors (Lipinski definition) is 0.